The van der Waals surface area contributed by atoms with Crippen molar-refractivity contribution in [2.45, 2.75) is 25.8 Å². The SMILES string of the molecule is Cc1ccc(Cl)c(-c2cc3n(c(=O)c2)C[C@@H]2CNC[C@H]3C2)c1. The lowest BCUT2D eigenvalue weighted by atomic mass is 9.83. The molecule has 1 N–H and O–H groups in total. The van der Waals surface area contributed by atoms with Gasteiger partial charge in [-0.3, -0.25) is 4.79 Å². The number of aryl methyl sites for hydroxylation is 1. The van der Waals surface area contributed by atoms with E-state index in [4.69, 9.17) is 11.6 Å². The normalized spacial score (nSPS) is 23.2. The first-order valence-electron chi connectivity index (χ1n) is 7.84. The summed E-state index contributed by atoms with van der Waals surface area (Å²) in [6.45, 7) is 4.86. The lowest BCUT2D eigenvalue weighted by Crippen LogP contribution is -2.44. The van der Waals surface area contributed by atoms with E-state index in [1.54, 1.807) is 6.07 Å². The molecule has 114 valence electrons. The maximum absolute atomic E-state index is 12.6. The summed E-state index contributed by atoms with van der Waals surface area (Å²) in [6, 6.07) is 9.85. The standard InChI is InChI=1S/C18H19ClN2O/c1-11-2-3-16(19)15(4-11)13-6-17-14-5-12(8-20-9-14)10-21(17)18(22)7-13/h2-4,6-7,12,14,20H,5,8-10H2,1H3/t12-,14+/m0/s1. The van der Waals surface area contributed by atoms with Crippen molar-refractivity contribution >= 4 is 11.6 Å². The van der Waals surface area contributed by atoms with Gasteiger partial charge in [0, 0.05) is 41.4 Å². The van der Waals surface area contributed by atoms with Gasteiger partial charge in [-0.15, -0.1) is 0 Å². The van der Waals surface area contributed by atoms with Gasteiger partial charge in [0.2, 0.25) is 0 Å². The number of halogens is 1. The number of pyridine rings is 1. The molecule has 0 saturated carbocycles. The molecule has 0 aliphatic carbocycles. The number of benzene rings is 1. The van der Waals surface area contributed by atoms with Crippen LogP contribution in [0.4, 0.5) is 0 Å². The average Bonchev–Trinajstić information content (AvgIpc) is 2.51. The lowest BCUT2D eigenvalue weighted by molar-refractivity contribution is 0.257. The number of piperidine rings is 1. The molecule has 1 saturated heterocycles. The number of nitrogens with zero attached hydrogens (tertiary/aromatic N) is 1. The van der Waals surface area contributed by atoms with Gasteiger partial charge in [0.15, 0.2) is 0 Å². The first kappa shape index (κ1) is 14.0. The van der Waals surface area contributed by atoms with Gasteiger partial charge >= 0.3 is 0 Å². The van der Waals surface area contributed by atoms with Crippen molar-refractivity contribution in [2.24, 2.45) is 5.92 Å². The van der Waals surface area contributed by atoms with Gasteiger partial charge in [0.05, 0.1) is 0 Å². The summed E-state index contributed by atoms with van der Waals surface area (Å²) >= 11 is 6.35. The molecule has 2 bridgehead atoms. The number of aromatic nitrogens is 1. The van der Waals surface area contributed by atoms with Crippen molar-refractivity contribution in [3.05, 3.63) is 57.0 Å². The summed E-state index contributed by atoms with van der Waals surface area (Å²) in [7, 11) is 0. The molecule has 2 aliphatic rings. The number of hydrogen-bond donors (Lipinski definition) is 1. The molecule has 1 fully saturated rings. The van der Waals surface area contributed by atoms with Crippen LogP contribution in [0.25, 0.3) is 11.1 Å². The quantitative estimate of drug-likeness (QED) is 0.877. The van der Waals surface area contributed by atoms with Gasteiger partial charge < -0.3 is 9.88 Å². The van der Waals surface area contributed by atoms with E-state index in [2.05, 4.69) is 17.4 Å². The van der Waals surface area contributed by atoms with E-state index in [0.29, 0.717) is 16.9 Å². The van der Waals surface area contributed by atoms with Crippen LogP contribution < -0.4 is 10.9 Å². The van der Waals surface area contributed by atoms with Crippen LogP contribution in [0, 0.1) is 12.8 Å². The Labute approximate surface area is 134 Å². The summed E-state index contributed by atoms with van der Waals surface area (Å²) in [5.41, 5.74) is 4.30. The first-order valence-corrected chi connectivity index (χ1v) is 8.21. The number of hydrogen-bond acceptors (Lipinski definition) is 2. The smallest absolute Gasteiger partial charge is 0.251 e. The topological polar surface area (TPSA) is 34.0 Å². The van der Waals surface area contributed by atoms with E-state index >= 15 is 0 Å². The molecular formula is C18H19ClN2O. The zero-order chi connectivity index (χ0) is 15.3. The lowest BCUT2D eigenvalue weighted by Gasteiger charge is -2.37. The van der Waals surface area contributed by atoms with Gasteiger partial charge in [0.1, 0.15) is 0 Å². The molecule has 0 spiro atoms. The Kier molecular flexibility index (Phi) is 3.35. The first-order chi connectivity index (χ1) is 10.6. The summed E-state index contributed by atoms with van der Waals surface area (Å²) in [6.07, 6.45) is 1.18. The predicted molar refractivity (Wildman–Crippen MR) is 89.6 cm³/mol. The molecule has 1 aromatic carbocycles. The van der Waals surface area contributed by atoms with Crippen LogP contribution in [0.2, 0.25) is 5.02 Å². The molecule has 0 unspecified atom stereocenters. The molecular weight excluding hydrogens is 296 g/mol. The number of nitrogens with one attached hydrogen (secondary N) is 1. The van der Waals surface area contributed by atoms with E-state index in [9.17, 15) is 4.79 Å². The molecule has 2 aromatic rings. The highest BCUT2D eigenvalue weighted by Gasteiger charge is 2.31. The fourth-order valence-electron chi connectivity index (χ4n) is 3.82. The van der Waals surface area contributed by atoms with Crippen molar-refractivity contribution in [3.8, 4) is 11.1 Å². The van der Waals surface area contributed by atoms with Crippen LogP contribution in [-0.2, 0) is 6.54 Å². The average molecular weight is 315 g/mol. The second-order valence-electron chi connectivity index (χ2n) is 6.56. The largest absolute Gasteiger partial charge is 0.316 e. The van der Waals surface area contributed by atoms with E-state index < -0.39 is 0 Å². The van der Waals surface area contributed by atoms with Crippen molar-refractivity contribution in [1.29, 1.82) is 0 Å². The summed E-state index contributed by atoms with van der Waals surface area (Å²) < 4.78 is 1.97. The Bertz CT molecular complexity index is 796. The highest BCUT2D eigenvalue weighted by atomic mass is 35.5. The zero-order valence-corrected chi connectivity index (χ0v) is 13.4. The predicted octanol–water partition coefficient (Wildman–Crippen LogP) is 3.18. The Hall–Kier alpha value is -1.58. The summed E-state index contributed by atoms with van der Waals surface area (Å²) in [5, 5.41) is 4.18. The van der Waals surface area contributed by atoms with Gasteiger partial charge in [-0.25, -0.2) is 0 Å². The molecule has 0 amide bonds. The molecule has 2 aliphatic heterocycles. The maximum Gasteiger partial charge on any atom is 0.251 e. The van der Waals surface area contributed by atoms with E-state index in [0.717, 1.165) is 42.0 Å². The molecule has 3 heterocycles. The Balaban J connectivity index is 1.88. The third-order valence-corrected chi connectivity index (χ3v) is 5.22. The third-order valence-electron chi connectivity index (χ3n) is 4.89. The minimum atomic E-state index is 0.0988. The summed E-state index contributed by atoms with van der Waals surface area (Å²) in [5.74, 6) is 1.01. The second-order valence-corrected chi connectivity index (χ2v) is 6.97. The molecule has 2 atom stereocenters. The number of fused-ring (bicyclic) bond motifs is 4. The molecule has 1 aromatic heterocycles. The molecule has 4 rings (SSSR count). The van der Waals surface area contributed by atoms with Crippen LogP contribution in [0.15, 0.2) is 35.1 Å². The fraction of sp³-hybridized carbons (Fsp3) is 0.389. The second kappa shape index (κ2) is 5.25. The summed E-state index contributed by atoms with van der Waals surface area (Å²) in [4.78, 5) is 12.6. The van der Waals surface area contributed by atoms with Crippen molar-refractivity contribution in [3.63, 3.8) is 0 Å². The molecule has 22 heavy (non-hydrogen) atoms. The molecule has 0 radical (unpaired) electrons. The Morgan fingerprint density at radius 2 is 2.09 bits per heavy atom. The van der Waals surface area contributed by atoms with Gasteiger partial charge in [-0.1, -0.05) is 23.2 Å². The highest BCUT2D eigenvalue weighted by molar-refractivity contribution is 6.33. The molecule has 3 nitrogen and oxygen atoms in total. The minimum absolute atomic E-state index is 0.0988. The van der Waals surface area contributed by atoms with Crippen LogP contribution in [0.3, 0.4) is 0 Å². The fourth-order valence-corrected chi connectivity index (χ4v) is 4.05. The van der Waals surface area contributed by atoms with Crippen LogP contribution in [0.1, 0.15) is 23.6 Å². The van der Waals surface area contributed by atoms with E-state index in [-0.39, 0.29) is 5.56 Å². The third kappa shape index (κ3) is 2.29. The van der Waals surface area contributed by atoms with Gasteiger partial charge in [0.25, 0.3) is 5.56 Å². The van der Waals surface area contributed by atoms with E-state index in [1.165, 1.54) is 6.42 Å². The molecule has 4 heteroatoms. The highest BCUT2D eigenvalue weighted by Crippen LogP contribution is 2.35. The van der Waals surface area contributed by atoms with Crippen LogP contribution in [-0.4, -0.2) is 17.7 Å². The maximum atomic E-state index is 12.6. The van der Waals surface area contributed by atoms with E-state index in [1.807, 2.05) is 23.6 Å². The van der Waals surface area contributed by atoms with Gasteiger partial charge in [-0.2, -0.15) is 0 Å². The number of rotatable bonds is 1. The van der Waals surface area contributed by atoms with Crippen molar-refractivity contribution in [1.82, 2.24) is 9.88 Å². The van der Waals surface area contributed by atoms with Crippen molar-refractivity contribution in [2.75, 3.05) is 13.1 Å². The minimum Gasteiger partial charge on any atom is -0.316 e. The van der Waals surface area contributed by atoms with Gasteiger partial charge in [-0.05, 0) is 49.6 Å². The zero-order valence-electron chi connectivity index (χ0n) is 12.6. The van der Waals surface area contributed by atoms with Crippen LogP contribution >= 0.6 is 11.6 Å². The monoisotopic (exact) mass is 314 g/mol. The Morgan fingerprint density at radius 1 is 1.23 bits per heavy atom. The Morgan fingerprint density at radius 3 is 2.95 bits per heavy atom. The van der Waals surface area contributed by atoms with Crippen molar-refractivity contribution < 1.29 is 0 Å². The van der Waals surface area contributed by atoms with Crippen LogP contribution in [0.5, 0.6) is 0 Å².